The van der Waals surface area contributed by atoms with Gasteiger partial charge < -0.3 is 15.8 Å². The van der Waals surface area contributed by atoms with Gasteiger partial charge in [-0.2, -0.15) is 0 Å². The van der Waals surface area contributed by atoms with E-state index in [1.807, 2.05) is 20.8 Å². The van der Waals surface area contributed by atoms with Crippen molar-refractivity contribution in [3.05, 3.63) is 11.9 Å². The summed E-state index contributed by atoms with van der Waals surface area (Å²) < 4.78 is 24.4. The molecule has 1 rings (SSSR count). The Morgan fingerprint density at radius 1 is 1.32 bits per heavy atom. The lowest BCUT2D eigenvalue weighted by atomic mass is 9.96. The number of nitrogens with one attached hydrogen (secondary N) is 2. The van der Waals surface area contributed by atoms with Crippen molar-refractivity contribution >= 4 is 11.6 Å². The van der Waals surface area contributed by atoms with E-state index in [0.717, 1.165) is 0 Å². The van der Waals surface area contributed by atoms with Gasteiger partial charge in [0.15, 0.2) is 0 Å². The lowest BCUT2D eigenvalue weighted by Crippen LogP contribution is -2.28. The number of anilines is 2. The summed E-state index contributed by atoms with van der Waals surface area (Å²) in [6, 6.07) is 1.48. The highest BCUT2D eigenvalue weighted by Crippen LogP contribution is 2.22. The van der Waals surface area contributed by atoms with Gasteiger partial charge in [-0.05, 0) is 0 Å². The molecule has 0 amide bonds. The zero-order valence-electron chi connectivity index (χ0n) is 11.1. The van der Waals surface area contributed by atoms with Gasteiger partial charge in [-0.3, -0.25) is 0 Å². The number of aliphatic hydroxyl groups excluding tert-OH is 1. The number of aliphatic hydroxyl groups is 1. The second-order valence-corrected chi connectivity index (χ2v) is 5.14. The van der Waals surface area contributed by atoms with Crippen LogP contribution in [0.25, 0.3) is 0 Å². The van der Waals surface area contributed by atoms with Crippen LogP contribution in [-0.4, -0.2) is 34.1 Å². The number of halogens is 2. The highest BCUT2D eigenvalue weighted by Gasteiger charge is 2.20. The number of hydrogen-bond acceptors (Lipinski definition) is 6. The Bertz CT molecular complexity index is 422. The average molecular weight is 275 g/mol. The van der Waals surface area contributed by atoms with Crippen molar-refractivity contribution in [2.75, 3.05) is 17.3 Å². The zero-order valence-corrected chi connectivity index (χ0v) is 11.1. The quantitative estimate of drug-likeness (QED) is 0.474. The van der Waals surface area contributed by atoms with Gasteiger partial charge in [0.2, 0.25) is 0 Å². The van der Waals surface area contributed by atoms with Crippen LogP contribution in [0.1, 0.15) is 26.6 Å². The molecule has 6 nitrogen and oxygen atoms in total. The molecular formula is C11H19F2N5O. The van der Waals surface area contributed by atoms with E-state index in [1.54, 1.807) is 0 Å². The molecule has 0 aliphatic rings. The first-order chi connectivity index (χ1) is 8.74. The molecule has 1 unspecified atom stereocenters. The molecule has 0 fully saturated rings. The Labute approximate surface area is 110 Å². The lowest BCUT2D eigenvalue weighted by Gasteiger charge is -2.19. The van der Waals surface area contributed by atoms with Crippen molar-refractivity contribution in [3.63, 3.8) is 0 Å². The molecule has 1 atom stereocenters. The van der Waals surface area contributed by atoms with Crippen LogP contribution in [0, 0.1) is 0 Å². The second kappa shape index (κ2) is 6.07. The van der Waals surface area contributed by atoms with E-state index < -0.39 is 12.5 Å². The van der Waals surface area contributed by atoms with Crippen LogP contribution in [0.3, 0.4) is 0 Å². The molecule has 0 radical (unpaired) electrons. The SMILES string of the molecule is CC(C)(C)c1nc(NN)cc(NCC(O)C(F)F)n1. The lowest BCUT2D eigenvalue weighted by molar-refractivity contribution is 0.00380. The minimum absolute atomic E-state index is 0.303. The fourth-order valence-electron chi connectivity index (χ4n) is 1.25. The summed E-state index contributed by atoms with van der Waals surface area (Å²) in [6.45, 7) is 5.45. The molecule has 0 aliphatic carbocycles. The number of aromatic nitrogens is 2. The molecule has 1 aromatic rings. The maximum absolute atomic E-state index is 12.2. The number of rotatable bonds is 5. The first-order valence-corrected chi connectivity index (χ1v) is 5.80. The number of hydrazine groups is 1. The molecule has 0 bridgehead atoms. The largest absolute Gasteiger partial charge is 0.385 e. The summed E-state index contributed by atoms with van der Waals surface area (Å²) in [6.07, 6.45) is -4.55. The van der Waals surface area contributed by atoms with E-state index in [2.05, 4.69) is 20.7 Å². The minimum Gasteiger partial charge on any atom is -0.385 e. The molecule has 0 saturated carbocycles. The molecule has 8 heteroatoms. The van der Waals surface area contributed by atoms with Gasteiger partial charge in [0, 0.05) is 18.0 Å². The number of nitrogens with two attached hydrogens (primary N) is 1. The van der Waals surface area contributed by atoms with E-state index in [-0.39, 0.29) is 12.0 Å². The van der Waals surface area contributed by atoms with Crippen molar-refractivity contribution in [2.24, 2.45) is 5.84 Å². The third-order valence-electron chi connectivity index (χ3n) is 2.33. The van der Waals surface area contributed by atoms with Gasteiger partial charge in [0.25, 0.3) is 6.43 Å². The molecule has 0 aromatic carbocycles. The Hall–Kier alpha value is -1.54. The average Bonchev–Trinajstić information content (AvgIpc) is 2.34. The second-order valence-electron chi connectivity index (χ2n) is 5.14. The Morgan fingerprint density at radius 3 is 2.37 bits per heavy atom. The van der Waals surface area contributed by atoms with Gasteiger partial charge in [-0.25, -0.2) is 24.6 Å². The van der Waals surface area contributed by atoms with Crippen LogP contribution in [0.2, 0.25) is 0 Å². The van der Waals surface area contributed by atoms with Crippen LogP contribution in [0.5, 0.6) is 0 Å². The van der Waals surface area contributed by atoms with Crippen molar-refractivity contribution in [3.8, 4) is 0 Å². The number of nitrogen functional groups attached to an aromatic ring is 1. The predicted octanol–water partition coefficient (Wildman–Crippen LogP) is 1.10. The molecule has 0 saturated heterocycles. The Kier molecular flexibility index (Phi) is 4.96. The van der Waals surface area contributed by atoms with E-state index in [1.165, 1.54) is 6.07 Å². The summed E-state index contributed by atoms with van der Waals surface area (Å²) in [5, 5.41) is 11.7. The monoisotopic (exact) mass is 275 g/mol. The summed E-state index contributed by atoms with van der Waals surface area (Å²) in [5.41, 5.74) is 2.07. The smallest absolute Gasteiger partial charge is 0.265 e. The summed E-state index contributed by atoms with van der Waals surface area (Å²) >= 11 is 0. The van der Waals surface area contributed by atoms with E-state index >= 15 is 0 Å². The van der Waals surface area contributed by atoms with E-state index in [0.29, 0.717) is 17.5 Å². The highest BCUT2D eigenvalue weighted by atomic mass is 19.3. The third kappa shape index (κ3) is 4.56. The van der Waals surface area contributed by atoms with Crippen LogP contribution in [0.4, 0.5) is 20.4 Å². The number of alkyl halides is 2. The third-order valence-corrected chi connectivity index (χ3v) is 2.33. The normalized spacial score (nSPS) is 13.5. The van der Waals surface area contributed by atoms with Crippen LogP contribution in [-0.2, 0) is 5.41 Å². The molecule has 108 valence electrons. The summed E-state index contributed by atoms with van der Waals surface area (Å²) in [4.78, 5) is 8.40. The van der Waals surface area contributed by atoms with Gasteiger partial charge in [0.05, 0.1) is 0 Å². The van der Waals surface area contributed by atoms with E-state index in [4.69, 9.17) is 10.9 Å². The van der Waals surface area contributed by atoms with Gasteiger partial charge in [-0.15, -0.1) is 0 Å². The maximum atomic E-state index is 12.2. The fourth-order valence-corrected chi connectivity index (χ4v) is 1.25. The van der Waals surface area contributed by atoms with Crippen LogP contribution in [0.15, 0.2) is 6.07 Å². The van der Waals surface area contributed by atoms with Crippen LogP contribution < -0.4 is 16.6 Å². The fraction of sp³-hybridized carbons (Fsp3) is 0.636. The molecular weight excluding hydrogens is 256 g/mol. The maximum Gasteiger partial charge on any atom is 0.265 e. The Balaban J connectivity index is 2.89. The summed E-state index contributed by atoms with van der Waals surface area (Å²) in [7, 11) is 0. The van der Waals surface area contributed by atoms with Crippen molar-refractivity contribution in [1.29, 1.82) is 0 Å². The van der Waals surface area contributed by atoms with Crippen LogP contribution >= 0.6 is 0 Å². The highest BCUT2D eigenvalue weighted by molar-refractivity contribution is 5.47. The topological polar surface area (TPSA) is 96.1 Å². The zero-order chi connectivity index (χ0) is 14.6. The summed E-state index contributed by atoms with van der Waals surface area (Å²) in [5.74, 6) is 6.50. The van der Waals surface area contributed by atoms with Crippen molar-refractivity contribution < 1.29 is 13.9 Å². The molecule has 1 heterocycles. The standard InChI is InChI=1S/C11H19F2N5O/c1-11(2,3)10-16-7(4-8(17-10)18-14)15-5-6(19)9(12)13/h4,6,9,19H,5,14H2,1-3H3,(H2,15,16,17,18). The number of hydrogen-bond donors (Lipinski definition) is 4. The molecule has 1 aromatic heterocycles. The molecule has 19 heavy (non-hydrogen) atoms. The Morgan fingerprint density at radius 2 is 1.89 bits per heavy atom. The minimum atomic E-state index is -2.80. The van der Waals surface area contributed by atoms with Crippen molar-refractivity contribution in [2.45, 2.75) is 38.7 Å². The van der Waals surface area contributed by atoms with E-state index in [9.17, 15) is 8.78 Å². The number of nitrogens with zero attached hydrogens (tertiary/aromatic N) is 2. The molecule has 0 spiro atoms. The first kappa shape index (κ1) is 15.5. The molecule has 5 N–H and O–H groups in total. The predicted molar refractivity (Wildman–Crippen MR) is 69.0 cm³/mol. The first-order valence-electron chi connectivity index (χ1n) is 5.80. The molecule has 0 aliphatic heterocycles. The van der Waals surface area contributed by atoms with Crippen molar-refractivity contribution in [1.82, 2.24) is 9.97 Å². The van der Waals surface area contributed by atoms with Gasteiger partial charge in [0.1, 0.15) is 23.6 Å². The van der Waals surface area contributed by atoms with Gasteiger partial charge >= 0.3 is 0 Å². The van der Waals surface area contributed by atoms with Gasteiger partial charge in [-0.1, -0.05) is 20.8 Å².